The molecule has 1 aliphatic carbocycles. The van der Waals surface area contributed by atoms with Gasteiger partial charge in [0.1, 0.15) is 5.82 Å². The van der Waals surface area contributed by atoms with E-state index in [1.807, 2.05) is 0 Å². The highest BCUT2D eigenvalue weighted by Gasteiger charge is 2.24. The fraction of sp³-hybridized carbons (Fsp3) is 0.706. The van der Waals surface area contributed by atoms with Gasteiger partial charge in [0.05, 0.1) is 0 Å². The van der Waals surface area contributed by atoms with Crippen molar-refractivity contribution in [2.45, 2.75) is 52.2 Å². The zero-order chi connectivity index (χ0) is 14.8. The lowest BCUT2D eigenvalue weighted by atomic mass is 10.1. The summed E-state index contributed by atoms with van der Waals surface area (Å²) in [6, 6.07) is 5.86. The summed E-state index contributed by atoms with van der Waals surface area (Å²) < 4.78 is 0. The number of rotatable bonds is 5. The Morgan fingerprint density at radius 2 is 2.10 bits per heavy atom. The van der Waals surface area contributed by atoms with E-state index in [-0.39, 0.29) is 0 Å². The molecular formula is C17H28N4. The number of hydrogen-bond donors (Lipinski definition) is 1. The minimum atomic E-state index is 0.610. The molecule has 2 heterocycles. The van der Waals surface area contributed by atoms with E-state index >= 15 is 0 Å². The molecule has 0 spiro atoms. The van der Waals surface area contributed by atoms with Crippen LogP contribution in [0.1, 0.15) is 37.9 Å². The van der Waals surface area contributed by atoms with Crippen molar-refractivity contribution >= 4 is 5.82 Å². The summed E-state index contributed by atoms with van der Waals surface area (Å²) in [6.45, 7) is 12.1. The van der Waals surface area contributed by atoms with E-state index in [4.69, 9.17) is 4.98 Å². The Morgan fingerprint density at radius 3 is 2.76 bits per heavy atom. The van der Waals surface area contributed by atoms with Crippen LogP contribution in [0.25, 0.3) is 0 Å². The first-order chi connectivity index (χ1) is 10.2. The van der Waals surface area contributed by atoms with Crippen LogP contribution in [-0.2, 0) is 6.54 Å². The highest BCUT2D eigenvalue weighted by atomic mass is 15.3. The Labute approximate surface area is 128 Å². The number of aromatic nitrogens is 1. The minimum absolute atomic E-state index is 0.610. The molecule has 3 rings (SSSR count). The number of anilines is 1. The third-order valence-electron chi connectivity index (χ3n) is 4.67. The van der Waals surface area contributed by atoms with Crippen molar-refractivity contribution in [2.75, 3.05) is 31.1 Å². The summed E-state index contributed by atoms with van der Waals surface area (Å²) in [4.78, 5) is 9.76. The zero-order valence-corrected chi connectivity index (χ0v) is 13.6. The second kappa shape index (κ2) is 6.32. The molecule has 4 heteroatoms. The van der Waals surface area contributed by atoms with E-state index in [0.29, 0.717) is 6.04 Å². The van der Waals surface area contributed by atoms with Crippen LogP contribution in [-0.4, -0.2) is 48.1 Å². The molecule has 116 valence electrons. The van der Waals surface area contributed by atoms with Gasteiger partial charge in [-0.15, -0.1) is 0 Å². The highest BCUT2D eigenvalue weighted by Crippen LogP contribution is 2.22. The molecule has 21 heavy (non-hydrogen) atoms. The second-order valence-corrected chi connectivity index (χ2v) is 6.55. The van der Waals surface area contributed by atoms with Gasteiger partial charge in [-0.3, -0.25) is 4.90 Å². The van der Waals surface area contributed by atoms with Gasteiger partial charge < -0.3 is 10.2 Å². The van der Waals surface area contributed by atoms with Crippen LogP contribution in [0.15, 0.2) is 12.1 Å². The second-order valence-electron chi connectivity index (χ2n) is 6.55. The van der Waals surface area contributed by atoms with E-state index in [1.54, 1.807) is 0 Å². The molecule has 2 fully saturated rings. The largest absolute Gasteiger partial charge is 0.354 e. The Bertz CT molecular complexity index is 484. The molecule has 0 bridgehead atoms. The van der Waals surface area contributed by atoms with Crippen LogP contribution in [0.5, 0.6) is 0 Å². The predicted octanol–water partition coefficient (Wildman–Crippen LogP) is 2.17. The average molecular weight is 288 g/mol. The van der Waals surface area contributed by atoms with Crippen LogP contribution in [0.3, 0.4) is 0 Å². The van der Waals surface area contributed by atoms with E-state index < -0.39 is 0 Å². The molecule has 1 aromatic heterocycles. The normalized spacial score (nSPS) is 23.6. The summed E-state index contributed by atoms with van der Waals surface area (Å²) in [5.74, 6) is 1.16. The minimum Gasteiger partial charge on any atom is -0.354 e. The number of hydrogen-bond acceptors (Lipinski definition) is 4. The van der Waals surface area contributed by atoms with Crippen LogP contribution < -0.4 is 10.2 Å². The molecule has 2 aliphatic rings. The summed E-state index contributed by atoms with van der Waals surface area (Å²) in [5.41, 5.74) is 2.50. The highest BCUT2D eigenvalue weighted by molar-refractivity contribution is 5.43. The van der Waals surface area contributed by atoms with E-state index in [9.17, 15) is 0 Å². The molecule has 1 aromatic rings. The lowest BCUT2D eigenvalue weighted by molar-refractivity contribution is 0.199. The lowest BCUT2D eigenvalue weighted by Gasteiger charge is -2.40. The van der Waals surface area contributed by atoms with Crippen molar-refractivity contribution in [3.8, 4) is 0 Å². The maximum Gasteiger partial charge on any atom is 0.129 e. The van der Waals surface area contributed by atoms with Crippen molar-refractivity contribution in [3.05, 3.63) is 23.4 Å². The molecular weight excluding hydrogens is 260 g/mol. The standard InChI is InChI=1S/C17H28N4/c1-4-20-7-8-21(12-14(20)3)17-10-15(9-13(2)19-17)11-18-16-5-6-16/h9-10,14,16,18H,4-8,11-12H2,1-3H3. The Kier molecular flexibility index (Phi) is 4.45. The van der Waals surface area contributed by atoms with Gasteiger partial charge in [-0.25, -0.2) is 4.98 Å². The third-order valence-corrected chi connectivity index (χ3v) is 4.67. The molecule has 4 nitrogen and oxygen atoms in total. The average Bonchev–Trinajstić information content (AvgIpc) is 3.28. The number of aryl methyl sites for hydroxylation is 1. The van der Waals surface area contributed by atoms with Crippen molar-refractivity contribution in [1.82, 2.24) is 15.2 Å². The quantitative estimate of drug-likeness (QED) is 0.900. The fourth-order valence-electron chi connectivity index (χ4n) is 3.21. The predicted molar refractivity (Wildman–Crippen MR) is 87.8 cm³/mol. The number of pyridine rings is 1. The molecule has 1 atom stereocenters. The van der Waals surface area contributed by atoms with E-state index in [2.05, 4.69) is 48.0 Å². The first kappa shape index (κ1) is 14.8. The molecule has 1 saturated heterocycles. The molecule has 1 saturated carbocycles. The summed E-state index contributed by atoms with van der Waals surface area (Å²) in [5, 5.41) is 3.60. The summed E-state index contributed by atoms with van der Waals surface area (Å²) in [7, 11) is 0. The molecule has 0 amide bonds. The maximum atomic E-state index is 4.77. The van der Waals surface area contributed by atoms with Crippen LogP contribution >= 0.6 is 0 Å². The molecule has 0 aromatic carbocycles. The van der Waals surface area contributed by atoms with Gasteiger partial charge in [0, 0.05) is 44.0 Å². The summed E-state index contributed by atoms with van der Waals surface area (Å²) in [6.07, 6.45) is 2.68. The lowest BCUT2D eigenvalue weighted by Crippen LogP contribution is -2.52. The van der Waals surface area contributed by atoms with Crippen LogP contribution in [0.2, 0.25) is 0 Å². The van der Waals surface area contributed by atoms with E-state index in [0.717, 1.165) is 50.3 Å². The van der Waals surface area contributed by atoms with Gasteiger partial charge in [-0.05, 0) is 50.9 Å². The van der Waals surface area contributed by atoms with Crippen molar-refractivity contribution in [3.63, 3.8) is 0 Å². The first-order valence-electron chi connectivity index (χ1n) is 8.35. The van der Waals surface area contributed by atoms with Crippen LogP contribution in [0.4, 0.5) is 5.82 Å². The van der Waals surface area contributed by atoms with Gasteiger partial charge in [0.15, 0.2) is 0 Å². The number of nitrogens with zero attached hydrogens (tertiary/aromatic N) is 3. The van der Waals surface area contributed by atoms with Crippen molar-refractivity contribution < 1.29 is 0 Å². The molecule has 1 N–H and O–H groups in total. The maximum absolute atomic E-state index is 4.77. The summed E-state index contributed by atoms with van der Waals surface area (Å²) >= 11 is 0. The molecule has 1 unspecified atom stereocenters. The zero-order valence-electron chi connectivity index (χ0n) is 13.6. The smallest absolute Gasteiger partial charge is 0.129 e. The van der Waals surface area contributed by atoms with Gasteiger partial charge in [-0.2, -0.15) is 0 Å². The Morgan fingerprint density at radius 1 is 1.29 bits per heavy atom. The monoisotopic (exact) mass is 288 g/mol. The third kappa shape index (κ3) is 3.74. The van der Waals surface area contributed by atoms with Gasteiger partial charge >= 0.3 is 0 Å². The van der Waals surface area contributed by atoms with Gasteiger partial charge in [0.25, 0.3) is 0 Å². The van der Waals surface area contributed by atoms with Gasteiger partial charge in [0.2, 0.25) is 0 Å². The van der Waals surface area contributed by atoms with E-state index in [1.165, 1.54) is 18.4 Å². The number of nitrogens with one attached hydrogen (secondary N) is 1. The van der Waals surface area contributed by atoms with Crippen LogP contribution in [0, 0.1) is 6.92 Å². The Hall–Kier alpha value is -1.13. The fourth-order valence-corrected chi connectivity index (χ4v) is 3.21. The molecule has 1 aliphatic heterocycles. The molecule has 0 radical (unpaired) electrons. The topological polar surface area (TPSA) is 31.4 Å². The Balaban J connectivity index is 1.68. The van der Waals surface area contributed by atoms with Crippen molar-refractivity contribution in [2.24, 2.45) is 0 Å². The number of likely N-dealkylation sites (N-methyl/N-ethyl adjacent to an activating group) is 1. The first-order valence-corrected chi connectivity index (χ1v) is 8.35. The van der Waals surface area contributed by atoms with Gasteiger partial charge in [-0.1, -0.05) is 6.92 Å². The number of piperazine rings is 1. The SMILES string of the molecule is CCN1CCN(c2cc(CNC3CC3)cc(C)n2)CC1C. The van der Waals surface area contributed by atoms with Crippen molar-refractivity contribution in [1.29, 1.82) is 0 Å².